The van der Waals surface area contributed by atoms with Gasteiger partial charge in [0.05, 0.1) is 0 Å². The van der Waals surface area contributed by atoms with Gasteiger partial charge in [-0.25, -0.2) is 0 Å². The molecule has 1 fully saturated rings. The molecule has 1 heterocycles. The first-order valence-electron chi connectivity index (χ1n) is 6.97. The molecule has 6 nitrogen and oxygen atoms in total. The molecule has 0 saturated heterocycles. The molecular formula is C13H24N6. The van der Waals surface area contributed by atoms with Crippen LogP contribution in [0.2, 0.25) is 0 Å². The van der Waals surface area contributed by atoms with Gasteiger partial charge in [0.2, 0.25) is 17.8 Å². The van der Waals surface area contributed by atoms with Crippen molar-refractivity contribution in [2.45, 2.75) is 39.0 Å². The van der Waals surface area contributed by atoms with E-state index in [0.717, 1.165) is 6.54 Å². The second kappa shape index (κ2) is 5.59. The van der Waals surface area contributed by atoms with Gasteiger partial charge >= 0.3 is 0 Å². The molecule has 106 valence electrons. The van der Waals surface area contributed by atoms with Crippen LogP contribution in [-0.4, -0.2) is 35.6 Å². The summed E-state index contributed by atoms with van der Waals surface area (Å²) in [6.45, 7) is 3.18. The maximum absolute atomic E-state index is 5.72. The van der Waals surface area contributed by atoms with Crippen molar-refractivity contribution in [3.63, 3.8) is 0 Å². The molecule has 1 aromatic heterocycles. The van der Waals surface area contributed by atoms with Crippen molar-refractivity contribution < 1.29 is 0 Å². The Labute approximate surface area is 114 Å². The molecule has 1 aliphatic carbocycles. The van der Waals surface area contributed by atoms with Crippen LogP contribution in [0.25, 0.3) is 0 Å². The van der Waals surface area contributed by atoms with Crippen LogP contribution in [0.4, 0.5) is 17.8 Å². The molecule has 3 N–H and O–H groups in total. The lowest BCUT2D eigenvalue weighted by molar-refractivity contribution is 0.306. The van der Waals surface area contributed by atoms with E-state index < -0.39 is 0 Å². The van der Waals surface area contributed by atoms with Gasteiger partial charge in [-0.15, -0.1) is 0 Å². The van der Waals surface area contributed by atoms with E-state index in [4.69, 9.17) is 5.73 Å². The predicted octanol–water partition coefficient (Wildman–Crippen LogP) is 1.90. The minimum Gasteiger partial charge on any atom is -0.368 e. The lowest BCUT2D eigenvalue weighted by Crippen LogP contribution is -2.27. The molecule has 0 atom stereocenters. The van der Waals surface area contributed by atoms with Gasteiger partial charge in [-0.05, 0) is 24.7 Å². The minimum atomic E-state index is 0.262. The summed E-state index contributed by atoms with van der Waals surface area (Å²) in [4.78, 5) is 14.5. The second-order valence-electron chi connectivity index (χ2n) is 5.63. The maximum Gasteiger partial charge on any atom is 0.231 e. The van der Waals surface area contributed by atoms with Crippen LogP contribution >= 0.6 is 0 Å². The van der Waals surface area contributed by atoms with Gasteiger partial charge in [-0.2, -0.15) is 15.0 Å². The number of nitrogens with zero attached hydrogens (tertiary/aromatic N) is 4. The zero-order valence-corrected chi connectivity index (χ0v) is 12.1. The largest absolute Gasteiger partial charge is 0.368 e. The van der Waals surface area contributed by atoms with Gasteiger partial charge in [-0.3, -0.25) is 0 Å². The molecule has 0 radical (unpaired) electrons. The minimum absolute atomic E-state index is 0.262. The number of nitrogen functional groups attached to an aromatic ring is 1. The monoisotopic (exact) mass is 264 g/mol. The Morgan fingerprint density at radius 2 is 1.89 bits per heavy atom. The lowest BCUT2D eigenvalue weighted by atomic mass is 9.83. The molecule has 0 spiro atoms. The summed E-state index contributed by atoms with van der Waals surface area (Å²) in [7, 11) is 3.78. The Bertz CT molecular complexity index is 425. The topological polar surface area (TPSA) is 80.0 Å². The Morgan fingerprint density at radius 1 is 1.21 bits per heavy atom. The van der Waals surface area contributed by atoms with Crippen molar-refractivity contribution >= 4 is 17.8 Å². The number of hydrogen-bond donors (Lipinski definition) is 2. The first-order chi connectivity index (χ1) is 9.04. The highest BCUT2D eigenvalue weighted by molar-refractivity contribution is 5.40. The van der Waals surface area contributed by atoms with E-state index in [1.54, 1.807) is 0 Å². The fourth-order valence-electron chi connectivity index (χ4n) is 2.71. The fraction of sp³-hybridized carbons (Fsp3) is 0.769. The molecule has 6 heteroatoms. The van der Waals surface area contributed by atoms with Crippen molar-refractivity contribution in [1.29, 1.82) is 0 Å². The van der Waals surface area contributed by atoms with Crippen molar-refractivity contribution in [3.05, 3.63) is 0 Å². The number of hydrogen-bond acceptors (Lipinski definition) is 6. The van der Waals surface area contributed by atoms with Crippen molar-refractivity contribution in [3.8, 4) is 0 Å². The SMILES string of the molecule is CCC1(CNc2nc(N)nc(N(C)C)n2)CCCC1. The number of nitrogens with two attached hydrogens (primary N) is 1. The number of nitrogens with one attached hydrogen (secondary N) is 1. The third-order valence-electron chi connectivity index (χ3n) is 4.08. The first kappa shape index (κ1) is 13.8. The molecule has 1 aromatic rings. The van der Waals surface area contributed by atoms with E-state index in [9.17, 15) is 0 Å². The molecule has 19 heavy (non-hydrogen) atoms. The normalized spacial score (nSPS) is 17.4. The predicted molar refractivity (Wildman–Crippen MR) is 78.2 cm³/mol. The van der Waals surface area contributed by atoms with Crippen LogP contribution < -0.4 is 16.0 Å². The van der Waals surface area contributed by atoms with Crippen LogP contribution in [0.15, 0.2) is 0 Å². The van der Waals surface area contributed by atoms with E-state index in [2.05, 4.69) is 27.2 Å². The van der Waals surface area contributed by atoms with E-state index in [1.807, 2.05) is 19.0 Å². The Hall–Kier alpha value is -1.59. The lowest BCUT2D eigenvalue weighted by Gasteiger charge is -2.27. The number of anilines is 3. The highest BCUT2D eigenvalue weighted by Crippen LogP contribution is 2.40. The van der Waals surface area contributed by atoms with Crippen LogP contribution in [0.3, 0.4) is 0 Å². The van der Waals surface area contributed by atoms with Gasteiger partial charge in [0, 0.05) is 20.6 Å². The van der Waals surface area contributed by atoms with Crippen molar-refractivity contribution in [2.24, 2.45) is 5.41 Å². The van der Waals surface area contributed by atoms with Gasteiger partial charge in [0.15, 0.2) is 0 Å². The molecule has 1 aliphatic rings. The summed E-state index contributed by atoms with van der Waals surface area (Å²) in [5.74, 6) is 1.43. The first-order valence-corrected chi connectivity index (χ1v) is 6.97. The van der Waals surface area contributed by atoms with Crippen LogP contribution in [0.1, 0.15) is 39.0 Å². The Morgan fingerprint density at radius 3 is 2.47 bits per heavy atom. The van der Waals surface area contributed by atoms with Gasteiger partial charge in [-0.1, -0.05) is 19.8 Å². The van der Waals surface area contributed by atoms with Crippen LogP contribution in [-0.2, 0) is 0 Å². The van der Waals surface area contributed by atoms with E-state index in [-0.39, 0.29) is 5.95 Å². The quantitative estimate of drug-likeness (QED) is 0.845. The Kier molecular flexibility index (Phi) is 4.07. The highest BCUT2D eigenvalue weighted by atomic mass is 15.3. The van der Waals surface area contributed by atoms with Gasteiger partial charge in [0.25, 0.3) is 0 Å². The molecule has 0 amide bonds. The molecule has 1 saturated carbocycles. The van der Waals surface area contributed by atoms with Gasteiger partial charge in [0.1, 0.15) is 0 Å². The molecule has 2 rings (SSSR count). The third kappa shape index (κ3) is 3.24. The average molecular weight is 264 g/mol. The van der Waals surface area contributed by atoms with Gasteiger partial charge < -0.3 is 16.0 Å². The summed E-state index contributed by atoms with van der Waals surface area (Å²) < 4.78 is 0. The standard InChI is InChI=1S/C13H24N6/c1-4-13(7-5-6-8-13)9-15-11-16-10(14)17-12(18-11)19(2)3/h4-9H2,1-3H3,(H3,14,15,16,17,18). The third-order valence-corrected chi connectivity index (χ3v) is 4.08. The number of aromatic nitrogens is 3. The maximum atomic E-state index is 5.72. The number of rotatable bonds is 5. The van der Waals surface area contributed by atoms with Crippen LogP contribution in [0.5, 0.6) is 0 Å². The van der Waals surface area contributed by atoms with E-state index in [0.29, 0.717) is 17.3 Å². The fourth-order valence-corrected chi connectivity index (χ4v) is 2.71. The molecule has 0 aliphatic heterocycles. The Balaban J connectivity index is 2.06. The summed E-state index contributed by atoms with van der Waals surface area (Å²) in [6.07, 6.45) is 6.44. The molecule has 0 bridgehead atoms. The summed E-state index contributed by atoms with van der Waals surface area (Å²) in [5.41, 5.74) is 6.12. The second-order valence-corrected chi connectivity index (χ2v) is 5.63. The zero-order valence-electron chi connectivity index (χ0n) is 12.1. The highest BCUT2D eigenvalue weighted by Gasteiger charge is 2.31. The van der Waals surface area contributed by atoms with Crippen molar-refractivity contribution in [1.82, 2.24) is 15.0 Å². The smallest absolute Gasteiger partial charge is 0.231 e. The summed E-state index contributed by atoms with van der Waals surface area (Å²) in [6, 6.07) is 0. The van der Waals surface area contributed by atoms with Crippen LogP contribution in [0, 0.1) is 5.41 Å². The summed E-state index contributed by atoms with van der Waals surface area (Å²) >= 11 is 0. The molecular weight excluding hydrogens is 240 g/mol. The average Bonchev–Trinajstić information content (AvgIpc) is 2.85. The van der Waals surface area contributed by atoms with E-state index in [1.165, 1.54) is 32.1 Å². The molecule has 0 unspecified atom stereocenters. The summed E-state index contributed by atoms with van der Waals surface area (Å²) in [5, 5.41) is 3.35. The van der Waals surface area contributed by atoms with Crippen molar-refractivity contribution in [2.75, 3.05) is 36.6 Å². The van der Waals surface area contributed by atoms with E-state index >= 15 is 0 Å². The zero-order chi connectivity index (χ0) is 13.9. The molecule has 0 aromatic carbocycles.